The van der Waals surface area contributed by atoms with Crippen molar-refractivity contribution in [3.8, 4) is 5.19 Å². The Kier molecular flexibility index (Phi) is 4.26. The van der Waals surface area contributed by atoms with Gasteiger partial charge in [-0.05, 0) is 12.1 Å². The molecule has 3 rings (SSSR count). The van der Waals surface area contributed by atoms with Crippen LogP contribution in [0.3, 0.4) is 0 Å². The predicted molar refractivity (Wildman–Crippen MR) is 83.2 cm³/mol. The molecule has 0 bridgehead atoms. The van der Waals surface area contributed by atoms with Gasteiger partial charge in [-0.2, -0.15) is 0 Å². The van der Waals surface area contributed by atoms with Crippen molar-refractivity contribution in [1.29, 1.82) is 0 Å². The number of aromatic nitrogens is 1. The number of ether oxygens (including phenoxy) is 1. The molecule has 0 saturated carbocycles. The molecule has 0 spiro atoms. The molecule has 21 heavy (non-hydrogen) atoms. The minimum Gasteiger partial charge on any atom is -0.465 e. The van der Waals surface area contributed by atoms with Gasteiger partial charge in [-0.1, -0.05) is 35.1 Å². The number of thiazole rings is 1. The van der Waals surface area contributed by atoms with Crippen LogP contribution in [0.25, 0.3) is 0 Å². The summed E-state index contributed by atoms with van der Waals surface area (Å²) in [7, 11) is 0. The largest absolute Gasteiger partial charge is 0.465 e. The zero-order chi connectivity index (χ0) is 14.7. The number of nitrogens with one attached hydrogen (secondary N) is 1. The van der Waals surface area contributed by atoms with Gasteiger partial charge in [0, 0.05) is 24.5 Å². The summed E-state index contributed by atoms with van der Waals surface area (Å²) in [4.78, 5) is 18.0. The van der Waals surface area contributed by atoms with E-state index in [-0.39, 0.29) is 12.1 Å². The normalized spacial score (nSPS) is 17.8. The monoisotopic (exact) mass is 323 g/mol. The molecule has 1 saturated heterocycles. The highest BCUT2D eigenvalue weighted by atomic mass is 35.5. The molecule has 7 heteroatoms. The fourth-order valence-electron chi connectivity index (χ4n) is 2.18. The zero-order valence-corrected chi connectivity index (χ0v) is 12.7. The van der Waals surface area contributed by atoms with Crippen molar-refractivity contribution in [2.75, 3.05) is 18.4 Å². The second-order valence-electron chi connectivity index (χ2n) is 4.68. The average molecular weight is 324 g/mol. The molecule has 1 aliphatic rings. The lowest BCUT2D eigenvalue weighted by atomic mass is 10.3. The molecule has 1 unspecified atom stereocenters. The van der Waals surface area contributed by atoms with Crippen LogP contribution < -0.4 is 10.1 Å². The van der Waals surface area contributed by atoms with Gasteiger partial charge >= 0.3 is 6.03 Å². The number of nitrogens with zero attached hydrogens (tertiary/aromatic N) is 2. The number of benzene rings is 1. The van der Waals surface area contributed by atoms with Gasteiger partial charge in [-0.3, -0.25) is 0 Å². The van der Waals surface area contributed by atoms with E-state index in [1.54, 1.807) is 23.2 Å². The Morgan fingerprint density at radius 2 is 2.33 bits per heavy atom. The Labute approximate surface area is 131 Å². The molecule has 0 radical (unpaired) electrons. The van der Waals surface area contributed by atoms with Crippen molar-refractivity contribution in [2.45, 2.75) is 12.5 Å². The topological polar surface area (TPSA) is 54.5 Å². The first-order valence-corrected chi connectivity index (χ1v) is 7.85. The summed E-state index contributed by atoms with van der Waals surface area (Å²) >= 11 is 7.49. The van der Waals surface area contributed by atoms with E-state index in [2.05, 4.69) is 10.3 Å². The van der Waals surface area contributed by atoms with Gasteiger partial charge in [0.1, 0.15) is 6.10 Å². The number of para-hydroxylation sites is 1. The summed E-state index contributed by atoms with van der Waals surface area (Å²) in [5, 5.41) is 5.86. The molecule has 1 aromatic carbocycles. The zero-order valence-electron chi connectivity index (χ0n) is 11.2. The fraction of sp³-hybridized carbons (Fsp3) is 0.286. The van der Waals surface area contributed by atoms with Crippen molar-refractivity contribution in [2.24, 2.45) is 0 Å². The van der Waals surface area contributed by atoms with Gasteiger partial charge in [0.15, 0.2) is 0 Å². The first kappa shape index (κ1) is 14.2. The van der Waals surface area contributed by atoms with Crippen molar-refractivity contribution in [3.05, 3.63) is 40.9 Å². The number of hydrogen-bond acceptors (Lipinski definition) is 4. The van der Waals surface area contributed by atoms with E-state index in [9.17, 15) is 4.79 Å². The van der Waals surface area contributed by atoms with Crippen LogP contribution in [0.1, 0.15) is 6.42 Å². The number of amides is 2. The number of likely N-dealkylation sites (tertiary alicyclic amines) is 1. The van der Waals surface area contributed by atoms with E-state index < -0.39 is 0 Å². The predicted octanol–water partition coefficient (Wildman–Crippen LogP) is 3.48. The van der Waals surface area contributed by atoms with Crippen LogP contribution >= 0.6 is 22.9 Å². The summed E-state index contributed by atoms with van der Waals surface area (Å²) in [6.45, 7) is 1.21. The molecule has 1 aliphatic heterocycles. The van der Waals surface area contributed by atoms with Crippen LogP contribution in [-0.4, -0.2) is 35.1 Å². The number of hydrogen-bond donors (Lipinski definition) is 1. The number of anilines is 1. The lowest BCUT2D eigenvalue weighted by molar-refractivity contribution is 0.194. The van der Waals surface area contributed by atoms with Crippen molar-refractivity contribution < 1.29 is 9.53 Å². The summed E-state index contributed by atoms with van der Waals surface area (Å²) in [6.07, 6.45) is 2.50. The second kappa shape index (κ2) is 6.32. The van der Waals surface area contributed by atoms with E-state index in [1.165, 1.54) is 11.3 Å². The quantitative estimate of drug-likeness (QED) is 0.940. The Balaban J connectivity index is 1.56. The lowest BCUT2D eigenvalue weighted by Gasteiger charge is -2.17. The number of halogens is 1. The van der Waals surface area contributed by atoms with E-state index in [0.29, 0.717) is 29.0 Å². The summed E-state index contributed by atoms with van der Waals surface area (Å²) < 4.78 is 5.73. The second-order valence-corrected chi connectivity index (χ2v) is 5.95. The fourth-order valence-corrected chi connectivity index (χ4v) is 2.91. The van der Waals surface area contributed by atoms with Crippen LogP contribution in [0.2, 0.25) is 5.02 Å². The Bertz CT molecular complexity index is 620. The lowest BCUT2D eigenvalue weighted by Crippen LogP contribution is -2.34. The van der Waals surface area contributed by atoms with Crippen LogP contribution in [0, 0.1) is 0 Å². The maximum atomic E-state index is 12.2. The minimum absolute atomic E-state index is 0.00635. The van der Waals surface area contributed by atoms with Gasteiger partial charge < -0.3 is 15.0 Å². The number of urea groups is 1. The molecule has 1 aromatic heterocycles. The summed E-state index contributed by atoms with van der Waals surface area (Å²) in [5.74, 6) is 0. The molecule has 2 amide bonds. The third-order valence-corrected chi connectivity index (χ3v) is 4.22. The Morgan fingerprint density at radius 3 is 3.10 bits per heavy atom. The third-order valence-electron chi connectivity index (χ3n) is 3.22. The number of carbonyl (C=O) groups excluding carboxylic acids is 1. The van der Waals surface area contributed by atoms with Crippen molar-refractivity contribution in [3.63, 3.8) is 0 Å². The van der Waals surface area contributed by atoms with Crippen LogP contribution in [0.15, 0.2) is 35.8 Å². The van der Waals surface area contributed by atoms with Gasteiger partial charge in [0.05, 0.1) is 17.3 Å². The molecule has 1 fully saturated rings. The minimum atomic E-state index is -0.159. The molecule has 2 heterocycles. The highest BCUT2D eigenvalue weighted by Crippen LogP contribution is 2.23. The standard InChI is InChI=1S/C14H14ClN3O2S/c15-11-3-1-2-4-12(11)17-13(19)18-7-5-10(9-18)20-14-16-6-8-21-14/h1-4,6,8,10H,5,7,9H2,(H,17,19). The number of rotatable bonds is 3. The van der Waals surface area contributed by atoms with Gasteiger partial charge in [-0.25, -0.2) is 9.78 Å². The van der Waals surface area contributed by atoms with Gasteiger partial charge in [-0.15, -0.1) is 0 Å². The molecular formula is C14H14ClN3O2S. The van der Waals surface area contributed by atoms with Crippen LogP contribution in [0.4, 0.5) is 10.5 Å². The van der Waals surface area contributed by atoms with Crippen LogP contribution in [-0.2, 0) is 0 Å². The van der Waals surface area contributed by atoms with Crippen molar-refractivity contribution in [1.82, 2.24) is 9.88 Å². The first-order valence-electron chi connectivity index (χ1n) is 6.59. The first-order chi connectivity index (χ1) is 10.2. The number of carbonyl (C=O) groups is 1. The van der Waals surface area contributed by atoms with Gasteiger partial charge in [0.25, 0.3) is 5.19 Å². The molecule has 110 valence electrons. The smallest absolute Gasteiger partial charge is 0.322 e. The summed E-state index contributed by atoms with van der Waals surface area (Å²) in [6, 6.07) is 7.02. The van der Waals surface area contributed by atoms with Crippen molar-refractivity contribution >= 4 is 34.7 Å². The maximum Gasteiger partial charge on any atom is 0.322 e. The molecule has 0 aliphatic carbocycles. The van der Waals surface area contributed by atoms with E-state index in [1.807, 2.05) is 17.5 Å². The molecule has 1 N–H and O–H groups in total. The van der Waals surface area contributed by atoms with E-state index in [4.69, 9.17) is 16.3 Å². The van der Waals surface area contributed by atoms with Gasteiger partial charge in [0.2, 0.25) is 0 Å². The highest BCUT2D eigenvalue weighted by molar-refractivity contribution is 7.11. The molecule has 1 atom stereocenters. The Morgan fingerprint density at radius 1 is 1.48 bits per heavy atom. The van der Waals surface area contributed by atoms with Crippen LogP contribution in [0.5, 0.6) is 5.19 Å². The maximum absolute atomic E-state index is 12.2. The highest BCUT2D eigenvalue weighted by Gasteiger charge is 2.28. The molecular weight excluding hydrogens is 310 g/mol. The molecule has 2 aromatic rings. The third kappa shape index (κ3) is 3.46. The SMILES string of the molecule is O=C(Nc1ccccc1Cl)N1CCC(Oc2nccs2)C1. The Hall–Kier alpha value is -1.79. The summed E-state index contributed by atoms with van der Waals surface area (Å²) in [5.41, 5.74) is 0.619. The molecule has 5 nitrogen and oxygen atoms in total. The van der Waals surface area contributed by atoms with E-state index in [0.717, 1.165) is 6.42 Å². The van der Waals surface area contributed by atoms with E-state index >= 15 is 0 Å². The average Bonchev–Trinajstić information content (AvgIpc) is 3.13.